The number of carbonyl (C=O) groups excluding carboxylic acids is 2. The van der Waals surface area contributed by atoms with Gasteiger partial charge >= 0.3 is 0 Å². The fraction of sp³-hybridized carbons (Fsp3) is 0.364. The normalized spacial score (nSPS) is 20.8. The Balaban J connectivity index is 0.000000151. The molecule has 2 aromatic carbocycles. The van der Waals surface area contributed by atoms with Gasteiger partial charge in [-0.2, -0.15) is 0 Å². The lowest BCUT2D eigenvalue weighted by Gasteiger charge is -2.20. The average molecular weight is 389 g/mol. The van der Waals surface area contributed by atoms with E-state index in [1.165, 1.54) is 22.3 Å². The van der Waals surface area contributed by atoms with E-state index in [-0.39, 0.29) is 11.8 Å². The van der Waals surface area contributed by atoms with Crippen LogP contribution in [0.4, 0.5) is 0 Å². The van der Waals surface area contributed by atoms with Crippen LogP contribution in [0.25, 0.3) is 0 Å². The number of benzene rings is 2. The molecule has 2 unspecified atom stereocenters. The van der Waals surface area contributed by atoms with Crippen molar-refractivity contribution in [2.24, 2.45) is 0 Å². The van der Waals surface area contributed by atoms with Gasteiger partial charge in [0.25, 0.3) is 0 Å². The monoisotopic (exact) mass is 388 g/mol. The maximum atomic E-state index is 10.8. The van der Waals surface area contributed by atoms with Crippen LogP contribution in [0, 0.1) is 0 Å². The van der Waals surface area contributed by atoms with Gasteiger partial charge in [-0.15, -0.1) is 0 Å². The summed E-state index contributed by atoms with van der Waals surface area (Å²) in [5.74, 6) is 0.196. The molecule has 136 valence electrons. The van der Waals surface area contributed by atoms with Crippen LogP contribution in [-0.2, 0) is 22.4 Å². The van der Waals surface area contributed by atoms with E-state index in [4.69, 9.17) is 23.2 Å². The summed E-state index contributed by atoms with van der Waals surface area (Å²) in [6.07, 6.45) is 8.36. The highest BCUT2D eigenvalue weighted by Crippen LogP contribution is 2.32. The van der Waals surface area contributed by atoms with E-state index in [0.717, 1.165) is 61.1 Å². The van der Waals surface area contributed by atoms with Crippen LogP contribution < -0.4 is 0 Å². The highest BCUT2D eigenvalue weighted by molar-refractivity contribution is 6.31. The van der Waals surface area contributed by atoms with Gasteiger partial charge in [0.05, 0.1) is 0 Å². The molecule has 2 aliphatic rings. The maximum absolute atomic E-state index is 10.8. The Bertz CT molecular complexity index is 733. The Labute approximate surface area is 164 Å². The molecule has 0 amide bonds. The molecule has 0 aromatic heterocycles. The van der Waals surface area contributed by atoms with Crippen LogP contribution in [0.1, 0.15) is 59.8 Å². The van der Waals surface area contributed by atoms with E-state index in [1.807, 2.05) is 36.4 Å². The summed E-state index contributed by atoms with van der Waals surface area (Å²) in [5, 5.41) is 1.54. The van der Waals surface area contributed by atoms with Crippen molar-refractivity contribution in [1.82, 2.24) is 0 Å². The molecule has 2 aromatic rings. The minimum Gasteiger partial charge on any atom is -0.303 e. The van der Waals surface area contributed by atoms with Crippen LogP contribution in [-0.4, -0.2) is 12.6 Å². The topological polar surface area (TPSA) is 34.1 Å². The zero-order valence-electron chi connectivity index (χ0n) is 14.6. The second-order valence-electron chi connectivity index (χ2n) is 6.96. The van der Waals surface area contributed by atoms with E-state index in [9.17, 15) is 9.59 Å². The Kier molecular flexibility index (Phi) is 6.50. The van der Waals surface area contributed by atoms with Crippen LogP contribution in [0.3, 0.4) is 0 Å². The molecule has 0 fully saturated rings. The zero-order chi connectivity index (χ0) is 18.5. The molecule has 0 radical (unpaired) electrons. The van der Waals surface area contributed by atoms with Crippen LogP contribution >= 0.6 is 23.2 Å². The number of aldehydes is 2. The lowest BCUT2D eigenvalue weighted by atomic mass is 9.84. The summed E-state index contributed by atoms with van der Waals surface area (Å²) >= 11 is 11.8. The number of aryl methyl sites for hydroxylation is 2. The van der Waals surface area contributed by atoms with Crippen molar-refractivity contribution in [1.29, 1.82) is 0 Å². The average Bonchev–Trinajstić information content (AvgIpc) is 2.67. The predicted octanol–water partition coefficient (Wildman–Crippen LogP) is 5.92. The fourth-order valence-electron chi connectivity index (χ4n) is 3.92. The molecule has 0 bridgehead atoms. The van der Waals surface area contributed by atoms with Gasteiger partial charge in [0.1, 0.15) is 12.6 Å². The second-order valence-corrected chi connectivity index (χ2v) is 7.83. The molecule has 2 aliphatic carbocycles. The van der Waals surface area contributed by atoms with Gasteiger partial charge in [-0.1, -0.05) is 35.3 Å². The van der Waals surface area contributed by atoms with Gasteiger partial charge in [-0.3, -0.25) is 0 Å². The third-order valence-corrected chi connectivity index (χ3v) is 5.73. The van der Waals surface area contributed by atoms with E-state index in [2.05, 4.69) is 0 Å². The van der Waals surface area contributed by atoms with Crippen LogP contribution in [0.5, 0.6) is 0 Å². The molecule has 4 heteroatoms. The zero-order valence-corrected chi connectivity index (χ0v) is 16.1. The van der Waals surface area contributed by atoms with Gasteiger partial charge in [0, 0.05) is 21.9 Å². The van der Waals surface area contributed by atoms with Crippen molar-refractivity contribution in [3.63, 3.8) is 0 Å². The Morgan fingerprint density at radius 1 is 0.731 bits per heavy atom. The Morgan fingerprint density at radius 2 is 1.15 bits per heavy atom. The minimum atomic E-state index is 0.0982. The summed E-state index contributed by atoms with van der Waals surface area (Å²) in [6.45, 7) is 0. The van der Waals surface area contributed by atoms with Gasteiger partial charge in [-0.25, -0.2) is 0 Å². The van der Waals surface area contributed by atoms with E-state index >= 15 is 0 Å². The predicted molar refractivity (Wildman–Crippen MR) is 106 cm³/mol. The summed E-state index contributed by atoms with van der Waals surface area (Å²) < 4.78 is 0. The molecule has 0 aliphatic heterocycles. The van der Waals surface area contributed by atoms with E-state index < -0.39 is 0 Å². The van der Waals surface area contributed by atoms with Crippen molar-refractivity contribution in [2.45, 2.75) is 50.4 Å². The van der Waals surface area contributed by atoms with Crippen molar-refractivity contribution in [3.05, 3.63) is 68.7 Å². The SMILES string of the molecule is O=CC1CCCc2cc(Cl)ccc21.O=CC1CCCc2cc(Cl)ccc21. The molecular formula is C22H22Cl2O2. The molecule has 26 heavy (non-hydrogen) atoms. The van der Waals surface area contributed by atoms with Gasteiger partial charge < -0.3 is 9.59 Å². The van der Waals surface area contributed by atoms with Crippen LogP contribution in [0.15, 0.2) is 36.4 Å². The molecule has 2 nitrogen and oxygen atoms in total. The van der Waals surface area contributed by atoms with Crippen molar-refractivity contribution >= 4 is 35.8 Å². The lowest BCUT2D eigenvalue weighted by molar-refractivity contribution is -0.110. The number of carbonyl (C=O) groups is 2. The highest BCUT2D eigenvalue weighted by Gasteiger charge is 2.20. The fourth-order valence-corrected chi connectivity index (χ4v) is 4.31. The van der Waals surface area contributed by atoms with Gasteiger partial charge in [0.2, 0.25) is 0 Å². The first-order valence-electron chi connectivity index (χ1n) is 9.09. The summed E-state index contributed by atoms with van der Waals surface area (Å²) in [4.78, 5) is 21.5. The number of hydrogen-bond donors (Lipinski definition) is 0. The first-order chi connectivity index (χ1) is 12.6. The highest BCUT2D eigenvalue weighted by atomic mass is 35.5. The smallest absolute Gasteiger partial charge is 0.127 e. The number of fused-ring (bicyclic) bond motifs is 2. The van der Waals surface area contributed by atoms with Crippen molar-refractivity contribution < 1.29 is 9.59 Å². The summed E-state index contributed by atoms with van der Waals surface area (Å²) in [7, 11) is 0. The Morgan fingerprint density at radius 3 is 1.54 bits per heavy atom. The molecule has 0 saturated carbocycles. The first kappa shape index (κ1) is 19.1. The number of hydrogen-bond acceptors (Lipinski definition) is 2. The largest absolute Gasteiger partial charge is 0.303 e. The van der Waals surface area contributed by atoms with Gasteiger partial charge in [0.15, 0.2) is 0 Å². The third-order valence-electron chi connectivity index (χ3n) is 5.26. The van der Waals surface area contributed by atoms with Crippen molar-refractivity contribution in [3.8, 4) is 0 Å². The summed E-state index contributed by atoms with van der Waals surface area (Å²) in [5.41, 5.74) is 4.84. The molecular weight excluding hydrogens is 367 g/mol. The van der Waals surface area contributed by atoms with Gasteiger partial charge in [-0.05, 0) is 85.0 Å². The minimum absolute atomic E-state index is 0.0982. The first-order valence-corrected chi connectivity index (χ1v) is 9.85. The quantitative estimate of drug-likeness (QED) is 0.598. The molecule has 0 saturated heterocycles. The van der Waals surface area contributed by atoms with Crippen LogP contribution in [0.2, 0.25) is 10.0 Å². The third kappa shape index (κ3) is 4.36. The standard InChI is InChI=1S/2C11H11ClO/c2*12-10-4-5-11-8(6-10)2-1-3-9(11)7-13/h2*4-7,9H,1-3H2. The molecule has 4 rings (SSSR count). The molecule has 0 heterocycles. The molecule has 2 atom stereocenters. The number of rotatable bonds is 2. The Hall–Kier alpha value is -1.64. The second kappa shape index (κ2) is 8.83. The number of halogens is 2. The lowest BCUT2D eigenvalue weighted by Crippen LogP contribution is -2.10. The van der Waals surface area contributed by atoms with E-state index in [1.54, 1.807) is 0 Å². The summed E-state index contributed by atoms with van der Waals surface area (Å²) in [6, 6.07) is 11.6. The van der Waals surface area contributed by atoms with E-state index in [0.29, 0.717) is 0 Å². The van der Waals surface area contributed by atoms with Crippen molar-refractivity contribution in [2.75, 3.05) is 0 Å². The maximum Gasteiger partial charge on any atom is 0.127 e. The molecule has 0 N–H and O–H groups in total. The molecule has 0 spiro atoms.